The summed E-state index contributed by atoms with van der Waals surface area (Å²) >= 11 is 0. The van der Waals surface area contributed by atoms with Crippen LogP contribution in [0, 0.1) is 13.8 Å². The van der Waals surface area contributed by atoms with E-state index in [-0.39, 0.29) is 11.9 Å². The highest BCUT2D eigenvalue weighted by Gasteiger charge is 2.25. The molecule has 0 aliphatic carbocycles. The molecule has 1 aromatic rings. The summed E-state index contributed by atoms with van der Waals surface area (Å²) in [6.07, 6.45) is 4.27. The van der Waals surface area contributed by atoms with Gasteiger partial charge in [0.15, 0.2) is 6.29 Å². The minimum Gasteiger partial charge on any atom is -0.341 e. The van der Waals surface area contributed by atoms with Crippen LogP contribution in [-0.2, 0) is 4.79 Å². The predicted molar refractivity (Wildman–Crippen MR) is 74.4 cm³/mol. The van der Waals surface area contributed by atoms with E-state index < -0.39 is 0 Å². The lowest BCUT2D eigenvalue weighted by Crippen LogP contribution is -2.40. The molecule has 1 amide bonds. The third kappa shape index (κ3) is 2.57. The van der Waals surface area contributed by atoms with Crippen LogP contribution in [0.5, 0.6) is 0 Å². The second kappa shape index (κ2) is 5.59. The fraction of sp³-hybridized carbons (Fsp3) is 0.600. The number of amides is 1. The van der Waals surface area contributed by atoms with Crippen molar-refractivity contribution in [1.29, 1.82) is 0 Å². The van der Waals surface area contributed by atoms with Crippen molar-refractivity contribution in [2.24, 2.45) is 0 Å². The topological polar surface area (TPSA) is 42.3 Å². The smallest absolute Gasteiger partial charge is 0.245 e. The third-order valence-corrected chi connectivity index (χ3v) is 4.06. The SMILES string of the molecule is Cc1cc(C=O)c(C)n1C(C)C(=O)N1CCCCC1. The highest BCUT2D eigenvalue weighted by molar-refractivity contribution is 5.82. The van der Waals surface area contributed by atoms with E-state index in [0.29, 0.717) is 5.56 Å². The summed E-state index contributed by atoms with van der Waals surface area (Å²) < 4.78 is 1.97. The second-order valence-electron chi connectivity index (χ2n) is 5.38. The van der Waals surface area contributed by atoms with Crippen molar-refractivity contribution in [1.82, 2.24) is 9.47 Å². The van der Waals surface area contributed by atoms with Crippen molar-refractivity contribution in [3.8, 4) is 0 Å². The molecule has 1 aliphatic heterocycles. The van der Waals surface area contributed by atoms with Crippen LogP contribution in [-0.4, -0.2) is 34.7 Å². The molecule has 2 rings (SSSR count). The highest BCUT2D eigenvalue weighted by Crippen LogP contribution is 2.22. The minimum absolute atomic E-state index is 0.166. The Balaban J connectivity index is 2.23. The number of carbonyl (C=O) groups is 2. The molecule has 0 N–H and O–H groups in total. The molecule has 2 heterocycles. The van der Waals surface area contributed by atoms with Gasteiger partial charge in [-0.05, 0) is 46.1 Å². The highest BCUT2D eigenvalue weighted by atomic mass is 16.2. The lowest BCUT2D eigenvalue weighted by atomic mass is 10.1. The minimum atomic E-state index is -0.230. The number of carbonyl (C=O) groups excluding carboxylic acids is 2. The molecule has 19 heavy (non-hydrogen) atoms. The Hall–Kier alpha value is -1.58. The summed E-state index contributed by atoms with van der Waals surface area (Å²) in [4.78, 5) is 25.4. The van der Waals surface area contributed by atoms with Crippen LogP contribution in [0.4, 0.5) is 0 Å². The molecule has 4 nitrogen and oxygen atoms in total. The maximum absolute atomic E-state index is 12.5. The molecular weight excluding hydrogens is 240 g/mol. The zero-order valence-electron chi connectivity index (χ0n) is 12.0. The first-order chi connectivity index (χ1) is 9.06. The Bertz CT molecular complexity index is 485. The molecule has 0 radical (unpaired) electrons. The van der Waals surface area contributed by atoms with E-state index in [1.54, 1.807) is 0 Å². The van der Waals surface area contributed by atoms with Crippen molar-refractivity contribution in [2.75, 3.05) is 13.1 Å². The summed E-state index contributed by atoms with van der Waals surface area (Å²) in [7, 11) is 0. The summed E-state index contributed by atoms with van der Waals surface area (Å²) in [6, 6.07) is 1.62. The van der Waals surface area contributed by atoms with Crippen LogP contribution < -0.4 is 0 Å². The maximum Gasteiger partial charge on any atom is 0.245 e. The zero-order valence-corrected chi connectivity index (χ0v) is 12.0. The monoisotopic (exact) mass is 262 g/mol. The summed E-state index contributed by atoms with van der Waals surface area (Å²) in [5.74, 6) is 0.166. The number of piperidine rings is 1. The molecule has 0 spiro atoms. The van der Waals surface area contributed by atoms with Gasteiger partial charge in [-0.15, -0.1) is 0 Å². The van der Waals surface area contributed by atoms with E-state index in [2.05, 4.69) is 0 Å². The first-order valence-corrected chi connectivity index (χ1v) is 6.98. The third-order valence-electron chi connectivity index (χ3n) is 4.06. The van der Waals surface area contributed by atoms with Gasteiger partial charge in [0.1, 0.15) is 6.04 Å². The lowest BCUT2D eigenvalue weighted by molar-refractivity contribution is -0.135. The normalized spacial score (nSPS) is 17.3. The number of aryl methyl sites for hydroxylation is 1. The fourth-order valence-corrected chi connectivity index (χ4v) is 3.01. The van der Waals surface area contributed by atoms with Crippen LogP contribution in [0.2, 0.25) is 0 Å². The molecule has 1 atom stereocenters. The van der Waals surface area contributed by atoms with E-state index >= 15 is 0 Å². The van der Waals surface area contributed by atoms with Gasteiger partial charge in [0.2, 0.25) is 5.91 Å². The van der Waals surface area contributed by atoms with Crippen molar-refractivity contribution in [3.05, 3.63) is 23.0 Å². The first-order valence-electron chi connectivity index (χ1n) is 6.98. The molecule has 1 fully saturated rings. The summed E-state index contributed by atoms with van der Waals surface area (Å²) in [5.41, 5.74) is 2.53. The largest absolute Gasteiger partial charge is 0.341 e. The molecule has 1 aromatic heterocycles. The van der Waals surface area contributed by atoms with Gasteiger partial charge in [-0.3, -0.25) is 9.59 Å². The van der Waals surface area contributed by atoms with Gasteiger partial charge in [0, 0.05) is 30.0 Å². The summed E-state index contributed by atoms with van der Waals surface area (Å²) in [6.45, 7) is 7.49. The number of hydrogen-bond acceptors (Lipinski definition) is 2. The molecule has 0 bridgehead atoms. The van der Waals surface area contributed by atoms with Crippen LogP contribution in [0.1, 0.15) is 54.0 Å². The van der Waals surface area contributed by atoms with E-state index in [1.165, 1.54) is 6.42 Å². The van der Waals surface area contributed by atoms with Crippen LogP contribution in [0.3, 0.4) is 0 Å². The zero-order chi connectivity index (χ0) is 14.0. The van der Waals surface area contributed by atoms with Gasteiger partial charge in [-0.2, -0.15) is 0 Å². The van der Waals surface area contributed by atoms with E-state index in [1.807, 2.05) is 36.3 Å². The van der Waals surface area contributed by atoms with Gasteiger partial charge in [0.05, 0.1) is 0 Å². The van der Waals surface area contributed by atoms with Crippen LogP contribution >= 0.6 is 0 Å². The lowest BCUT2D eigenvalue weighted by Gasteiger charge is -2.30. The average Bonchev–Trinajstić information content (AvgIpc) is 2.72. The van der Waals surface area contributed by atoms with Gasteiger partial charge in [-0.1, -0.05) is 0 Å². The van der Waals surface area contributed by atoms with Crippen molar-refractivity contribution >= 4 is 12.2 Å². The molecule has 1 saturated heterocycles. The number of rotatable bonds is 3. The maximum atomic E-state index is 12.5. The fourth-order valence-electron chi connectivity index (χ4n) is 3.01. The Morgan fingerprint density at radius 1 is 1.26 bits per heavy atom. The van der Waals surface area contributed by atoms with Gasteiger partial charge >= 0.3 is 0 Å². The molecule has 0 aromatic carbocycles. The number of hydrogen-bond donors (Lipinski definition) is 0. The van der Waals surface area contributed by atoms with E-state index in [4.69, 9.17) is 0 Å². The van der Waals surface area contributed by atoms with Gasteiger partial charge in [-0.25, -0.2) is 0 Å². The van der Waals surface area contributed by atoms with Gasteiger partial charge in [0.25, 0.3) is 0 Å². The van der Waals surface area contributed by atoms with Crippen molar-refractivity contribution < 1.29 is 9.59 Å². The van der Waals surface area contributed by atoms with E-state index in [9.17, 15) is 9.59 Å². The molecule has 1 unspecified atom stereocenters. The second-order valence-corrected chi connectivity index (χ2v) is 5.38. The Kier molecular flexibility index (Phi) is 4.08. The standard InChI is InChI=1S/C15H22N2O2/c1-11-9-14(10-18)12(2)17(11)13(3)15(19)16-7-5-4-6-8-16/h9-10,13H,4-8H2,1-3H3. The first kappa shape index (κ1) is 13.8. The number of aldehydes is 1. The Labute approximate surface area is 114 Å². The summed E-state index contributed by atoms with van der Waals surface area (Å²) in [5, 5.41) is 0. The molecule has 104 valence electrons. The number of aromatic nitrogens is 1. The predicted octanol–water partition coefficient (Wildman–Crippen LogP) is 2.49. The average molecular weight is 262 g/mol. The van der Waals surface area contributed by atoms with E-state index in [0.717, 1.165) is 43.6 Å². The van der Waals surface area contributed by atoms with Gasteiger partial charge < -0.3 is 9.47 Å². The molecule has 0 saturated carbocycles. The number of nitrogens with zero attached hydrogens (tertiary/aromatic N) is 2. The Morgan fingerprint density at radius 2 is 1.89 bits per heavy atom. The van der Waals surface area contributed by atoms with Crippen molar-refractivity contribution in [3.63, 3.8) is 0 Å². The van der Waals surface area contributed by atoms with Crippen LogP contribution in [0.15, 0.2) is 6.07 Å². The molecule has 1 aliphatic rings. The van der Waals surface area contributed by atoms with Crippen molar-refractivity contribution in [2.45, 2.75) is 46.1 Å². The number of likely N-dealkylation sites (tertiary alicyclic amines) is 1. The molecular formula is C15H22N2O2. The van der Waals surface area contributed by atoms with Crippen LogP contribution in [0.25, 0.3) is 0 Å². The quantitative estimate of drug-likeness (QED) is 0.785. The molecule has 4 heteroatoms. The Morgan fingerprint density at radius 3 is 2.42 bits per heavy atom.